The molecule has 0 fully saturated rings. The van der Waals surface area contributed by atoms with E-state index in [2.05, 4.69) is 25.2 Å². The minimum absolute atomic E-state index is 0.0329. The molecule has 0 bridgehead atoms. The standard InChI is InChI=1S/C17H16F2N4O2S/c1-9-10(2)26-16-14(9)15(20-8-21-16)23-22-7-11-4-5-12(25-17(18)19)13(6-11)24-3/h4-8,17H,1-3H3,(H,20,21,23)/b22-7+. The largest absolute Gasteiger partial charge is 0.493 e. The molecule has 0 saturated heterocycles. The third-order valence-corrected chi connectivity index (χ3v) is 4.87. The van der Waals surface area contributed by atoms with Crippen molar-refractivity contribution in [2.45, 2.75) is 20.5 Å². The van der Waals surface area contributed by atoms with Gasteiger partial charge in [-0.3, -0.25) is 5.43 Å². The fraction of sp³-hybridized carbons (Fsp3) is 0.235. The fourth-order valence-corrected chi connectivity index (χ4v) is 3.39. The topological polar surface area (TPSA) is 68.6 Å². The molecule has 2 aromatic heterocycles. The van der Waals surface area contributed by atoms with E-state index in [1.54, 1.807) is 23.5 Å². The van der Waals surface area contributed by atoms with Gasteiger partial charge in [0.25, 0.3) is 0 Å². The van der Waals surface area contributed by atoms with E-state index in [0.29, 0.717) is 11.4 Å². The number of aromatic nitrogens is 2. The van der Waals surface area contributed by atoms with Crippen molar-refractivity contribution < 1.29 is 18.3 Å². The van der Waals surface area contributed by atoms with Crippen LogP contribution in [0.25, 0.3) is 10.2 Å². The molecule has 0 radical (unpaired) electrons. The first-order chi connectivity index (χ1) is 12.5. The zero-order valence-corrected chi connectivity index (χ0v) is 15.1. The Hall–Kier alpha value is -2.81. The number of alkyl halides is 2. The first kappa shape index (κ1) is 18.0. The van der Waals surface area contributed by atoms with Crippen LogP contribution in [-0.4, -0.2) is 29.9 Å². The molecular formula is C17H16F2N4O2S. The number of hydrogen-bond donors (Lipinski definition) is 1. The second-order valence-electron chi connectivity index (χ2n) is 5.34. The summed E-state index contributed by atoms with van der Waals surface area (Å²) in [7, 11) is 1.38. The zero-order valence-electron chi connectivity index (χ0n) is 14.3. The number of hydrogen-bond acceptors (Lipinski definition) is 7. The van der Waals surface area contributed by atoms with Crippen molar-refractivity contribution in [1.82, 2.24) is 9.97 Å². The molecule has 0 aliphatic rings. The summed E-state index contributed by atoms with van der Waals surface area (Å²) in [5, 5.41) is 5.11. The van der Waals surface area contributed by atoms with Crippen molar-refractivity contribution in [1.29, 1.82) is 0 Å². The number of ether oxygens (including phenoxy) is 2. The Kier molecular flexibility index (Phi) is 5.27. The minimum Gasteiger partial charge on any atom is -0.493 e. The summed E-state index contributed by atoms with van der Waals surface area (Å²) < 4.78 is 34.2. The predicted molar refractivity (Wildman–Crippen MR) is 97.7 cm³/mol. The van der Waals surface area contributed by atoms with E-state index in [9.17, 15) is 8.78 Å². The molecule has 1 N–H and O–H groups in total. The Morgan fingerprint density at radius 3 is 2.77 bits per heavy atom. The average Bonchev–Trinajstić information content (AvgIpc) is 2.91. The maximum absolute atomic E-state index is 12.4. The van der Waals surface area contributed by atoms with Gasteiger partial charge in [-0.15, -0.1) is 11.3 Å². The highest BCUT2D eigenvalue weighted by Crippen LogP contribution is 2.32. The molecule has 0 aliphatic heterocycles. The van der Waals surface area contributed by atoms with Crippen molar-refractivity contribution in [2.75, 3.05) is 12.5 Å². The summed E-state index contributed by atoms with van der Waals surface area (Å²) in [6, 6.07) is 4.56. The minimum atomic E-state index is -2.91. The van der Waals surface area contributed by atoms with E-state index in [1.807, 2.05) is 13.8 Å². The molecule has 3 aromatic rings. The van der Waals surface area contributed by atoms with Gasteiger partial charge in [-0.05, 0) is 43.2 Å². The van der Waals surface area contributed by atoms with Gasteiger partial charge in [0.05, 0.1) is 18.7 Å². The van der Waals surface area contributed by atoms with E-state index in [4.69, 9.17) is 4.74 Å². The molecular weight excluding hydrogens is 362 g/mol. The van der Waals surface area contributed by atoms with E-state index < -0.39 is 6.61 Å². The number of hydrazone groups is 1. The Labute approximate surface area is 152 Å². The number of halogens is 2. The van der Waals surface area contributed by atoms with Crippen molar-refractivity contribution in [3.05, 3.63) is 40.5 Å². The quantitative estimate of drug-likeness (QED) is 0.510. The summed E-state index contributed by atoms with van der Waals surface area (Å²) in [5.41, 5.74) is 4.67. The van der Waals surface area contributed by atoms with Gasteiger partial charge in [0.1, 0.15) is 11.2 Å². The van der Waals surface area contributed by atoms with Crippen LogP contribution in [0.1, 0.15) is 16.0 Å². The first-order valence-corrected chi connectivity index (χ1v) is 8.44. The van der Waals surface area contributed by atoms with Crippen molar-refractivity contribution >= 4 is 33.6 Å². The van der Waals surface area contributed by atoms with Crippen LogP contribution in [-0.2, 0) is 0 Å². The van der Waals surface area contributed by atoms with Crippen LogP contribution in [0.5, 0.6) is 11.5 Å². The van der Waals surface area contributed by atoms with Crippen molar-refractivity contribution in [3.63, 3.8) is 0 Å². The highest BCUT2D eigenvalue weighted by Gasteiger charge is 2.12. The Bertz CT molecular complexity index is 959. The number of aryl methyl sites for hydroxylation is 2. The number of rotatable bonds is 6. The molecule has 0 saturated carbocycles. The lowest BCUT2D eigenvalue weighted by molar-refractivity contribution is -0.0512. The smallest absolute Gasteiger partial charge is 0.387 e. The van der Waals surface area contributed by atoms with Crippen molar-refractivity contribution in [3.8, 4) is 11.5 Å². The molecule has 26 heavy (non-hydrogen) atoms. The molecule has 2 heterocycles. The molecule has 0 aliphatic carbocycles. The summed E-state index contributed by atoms with van der Waals surface area (Å²) in [4.78, 5) is 10.6. The van der Waals surface area contributed by atoms with Gasteiger partial charge in [-0.25, -0.2) is 9.97 Å². The molecule has 6 nitrogen and oxygen atoms in total. The van der Waals surface area contributed by atoms with Gasteiger partial charge in [-0.2, -0.15) is 13.9 Å². The van der Waals surface area contributed by atoms with E-state index in [0.717, 1.165) is 15.8 Å². The Morgan fingerprint density at radius 1 is 1.23 bits per heavy atom. The predicted octanol–water partition coefficient (Wildman–Crippen LogP) is 4.36. The molecule has 0 atom stereocenters. The summed E-state index contributed by atoms with van der Waals surface area (Å²) in [6.45, 7) is 1.13. The monoisotopic (exact) mass is 378 g/mol. The van der Waals surface area contributed by atoms with E-state index >= 15 is 0 Å². The number of nitrogens with one attached hydrogen (secondary N) is 1. The highest BCUT2D eigenvalue weighted by atomic mass is 32.1. The Balaban J connectivity index is 1.81. The summed E-state index contributed by atoms with van der Waals surface area (Å²) in [5.74, 6) is 0.773. The third kappa shape index (κ3) is 3.72. The SMILES string of the molecule is COc1cc(/C=N/Nc2ncnc3sc(C)c(C)c23)ccc1OC(F)F. The zero-order chi connectivity index (χ0) is 18.7. The number of anilines is 1. The second-order valence-corrected chi connectivity index (χ2v) is 6.55. The average molecular weight is 378 g/mol. The molecule has 136 valence electrons. The maximum atomic E-state index is 12.4. The number of thiophene rings is 1. The van der Waals surface area contributed by atoms with Gasteiger partial charge < -0.3 is 9.47 Å². The van der Waals surface area contributed by atoms with Crippen LogP contribution in [0.2, 0.25) is 0 Å². The van der Waals surface area contributed by atoms with Gasteiger partial charge in [0, 0.05) is 4.88 Å². The molecule has 9 heteroatoms. The highest BCUT2D eigenvalue weighted by molar-refractivity contribution is 7.18. The van der Waals surface area contributed by atoms with Crippen LogP contribution in [0.4, 0.5) is 14.6 Å². The molecule has 0 amide bonds. The Morgan fingerprint density at radius 2 is 2.04 bits per heavy atom. The first-order valence-electron chi connectivity index (χ1n) is 7.62. The lowest BCUT2D eigenvalue weighted by atomic mass is 10.2. The molecule has 3 rings (SSSR count). The van der Waals surface area contributed by atoms with E-state index in [-0.39, 0.29) is 11.5 Å². The van der Waals surface area contributed by atoms with Gasteiger partial charge in [0.2, 0.25) is 0 Å². The van der Waals surface area contributed by atoms with Crippen LogP contribution in [0, 0.1) is 13.8 Å². The van der Waals surface area contributed by atoms with Crippen LogP contribution < -0.4 is 14.9 Å². The maximum Gasteiger partial charge on any atom is 0.387 e. The van der Waals surface area contributed by atoms with Gasteiger partial charge in [-0.1, -0.05) is 0 Å². The summed E-state index contributed by atoms with van der Waals surface area (Å²) >= 11 is 1.60. The van der Waals surface area contributed by atoms with Gasteiger partial charge in [0.15, 0.2) is 17.3 Å². The number of nitrogens with zero attached hydrogens (tertiary/aromatic N) is 3. The number of fused-ring (bicyclic) bond motifs is 1. The number of methoxy groups -OCH3 is 1. The number of benzene rings is 1. The van der Waals surface area contributed by atoms with Crippen LogP contribution >= 0.6 is 11.3 Å². The summed E-state index contributed by atoms with van der Waals surface area (Å²) in [6.07, 6.45) is 3.02. The lowest BCUT2D eigenvalue weighted by Crippen LogP contribution is -2.04. The molecule has 0 unspecified atom stereocenters. The van der Waals surface area contributed by atoms with Gasteiger partial charge >= 0.3 is 6.61 Å². The van der Waals surface area contributed by atoms with Crippen molar-refractivity contribution in [2.24, 2.45) is 5.10 Å². The fourth-order valence-electron chi connectivity index (χ4n) is 2.39. The lowest BCUT2D eigenvalue weighted by Gasteiger charge is -2.10. The molecule has 1 aromatic carbocycles. The van der Waals surface area contributed by atoms with Crippen LogP contribution in [0.15, 0.2) is 29.6 Å². The molecule has 0 spiro atoms. The normalized spacial score (nSPS) is 11.5. The van der Waals surface area contributed by atoms with Crippen LogP contribution in [0.3, 0.4) is 0 Å². The second kappa shape index (κ2) is 7.61. The van der Waals surface area contributed by atoms with E-state index in [1.165, 1.54) is 30.6 Å². The third-order valence-electron chi connectivity index (χ3n) is 3.75.